The lowest BCUT2D eigenvalue weighted by molar-refractivity contribution is 0.262. The van der Waals surface area contributed by atoms with Crippen LogP contribution in [0.5, 0.6) is 0 Å². The highest BCUT2D eigenvalue weighted by molar-refractivity contribution is 7.85. The molecule has 3 N–H and O–H groups in total. The average molecular weight is 417 g/mol. The molecule has 3 rings (SSSR count). The lowest BCUT2D eigenvalue weighted by Crippen LogP contribution is -2.19. The standard InChI is InChI=1S/C20H17ClN2O4S/c1-13-9-10-16(28(25,26)27)12-18(13)17-7-2-3-8-19(17)23-20(24)22-15-6-4-5-14(21)11-15/h2-12H,1H3,(H2,22,23,24)(H,25,26,27). The summed E-state index contributed by atoms with van der Waals surface area (Å²) in [6.07, 6.45) is 0. The third-order valence-electron chi connectivity index (χ3n) is 4.05. The number of urea groups is 1. The first-order chi connectivity index (χ1) is 13.2. The largest absolute Gasteiger partial charge is 0.323 e. The number of anilines is 2. The van der Waals surface area contributed by atoms with Crippen LogP contribution in [0, 0.1) is 6.92 Å². The van der Waals surface area contributed by atoms with Crippen molar-refractivity contribution in [1.82, 2.24) is 0 Å². The molecular weight excluding hydrogens is 400 g/mol. The Kier molecular flexibility index (Phi) is 5.69. The number of para-hydroxylation sites is 1. The Bertz CT molecular complexity index is 1150. The minimum Gasteiger partial charge on any atom is -0.308 e. The molecule has 0 radical (unpaired) electrons. The Morgan fingerprint density at radius 2 is 1.68 bits per heavy atom. The molecule has 0 unspecified atom stereocenters. The summed E-state index contributed by atoms with van der Waals surface area (Å²) in [5.41, 5.74) is 3.00. The molecule has 6 nitrogen and oxygen atoms in total. The van der Waals surface area contributed by atoms with Crippen molar-refractivity contribution in [3.63, 3.8) is 0 Å². The van der Waals surface area contributed by atoms with E-state index in [0.29, 0.717) is 27.5 Å². The molecular formula is C20H17ClN2O4S. The number of benzene rings is 3. The monoisotopic (exact) mass is 416 g/mol. The average Bonchev–Trinajstić information content (AvgIpc) is 2.62. The molecule has 2 amide bonds. The molecule has 0 saturated heterocycles. The van der Waals surface area contributed by atoms with Crippen molar-refractivity contribution in [2.24, 2.45) is 0 Å². The first kappa shape index (κ1) is 19.9. The molecule has 0 aliphatic rings. The van der Waals surface area contributed by atoms with Crippen molar-refractivity contribution in [1.29, 1.82) is 0 Å². The third kappa shape index (κ3) is 4.69. The van der Waals surface area contributed by atoms with Gasteiger partial charge in [-0.15, -0.1) is 0 Å². The summed E-state index contributed by atoms with van der Waals surface area (Å²) >= 11 is 5.92. The molecule has 144 valence electrons. The van der Waals surface area contributed by atoms with Gasteiger partial charge in [-0.25, -0.2) is 4.79 Å². The van der Waals surface area contributed by atoms with Crippen LogP contribution in [-0.2, 0) is 10.1 Å². The smallest absolute Gasteiger partial charge is 0.308 e. The summed E-state index contributed by atoms with van der Waals surface area (Å²) in [7, 11) is -4.34. The summed E-state index contributed by atoms with van der Waals surface area (Å²) in [5.74, 6) is 0. The van der Waals surface area contributed by atoms with Gasteiger partial charge < -0.3 is 10.6 Å². The van der Waals surface area contributed by atoms with E-state index < -0.39 is 16.1 Å². The van der Waals surface area contributed by atoms with Crippen LogP contribution in [0.25, 0.3) is 11.1 Å². The van der Waals surface area contributed by atoms with E-state index in [2.05, 4.69) is 10.6 Å². The van der Waals surface area contributed by atoms with Crippen molar-refractivity contribution in [3.05, 3.63) is 77.3 Å². The maximum atomic E-state index is 12.4. The van der Waals surface area contributed by atoms with Crippen LogP contribution in [0.4, 0.5) is 16.2 Å². The SMILES string of the molecule is Cc1ccc(S(=O)(=O)O)cc1-c1ccccc1NC(=O)Nc1cccc(Cl)c1. The van der Waals surface area contributed by atoms with E-state index in [4.69, 9.17) is 11.6 Å². The minimum absolute atomic E-state index is 0.216. The maximum absolute atomic E-state index is 12.4. The van der Waals surface area contributed by atoms with Gasteiger partial charge in [-0.05, 0) is 54.4 Å². The Morgan fingerprint density at radius 3 is 2.39 bits per heavy atom. The number of amides is 2. The second kappa shape index (κ2) is 8.02. The van der Waals surface area contributed by atoms with Gasteiger partial charge in [-0.3, -0.25) is 4.55 Å². The van der Waals surface area contributed by atoms with Crippen LogP contribution in [-0.4, -0.2) is 19.0 Å². The zero-order chi connectivity index (χ0) is 20.3. The molecule has 0 aliphatic heterocycles. The Labute approximate surface area is 167 Å². The summed E-state index contributed by atoms with van der Waals surface area (Å²) in [6, 6.07) is 17.5. The van der Waals surface area contributed by atoms with Crippen LogP contribution in [0.15, 0.2) is 71.6 Å². The van der Waals surface area contributed by atoms with Gasteiger partial charge in [0.1, 0.15) is 0 Å². The molecule has 0 atom stereocenters. The topological polar surface area (TPSA) is 95.5 Å². The predicted molar refractivity (Wildman–Crippen MR) is 111 cm³/mol. The normalized spacial score (nSPS) is 11.1. The molecule has 3 aromatic rings. The lowest BCUT2D eigenvalue weighted by atomic mass is 9.99. The molecule has 0 bridgehead atoms. The van der Waals surface area contributed by atoms with E-state index in [0.717, 1.165) is 5.56 Å². The maximum Gasteiger partial charge on any atom is 0.323 e. The highest BCUT2D eigenvalue weighted by Crippen LogP contribution is 2.32. The molecule has 0 aliphatic carbocycles. The van der Waals surface area contributed by atoms with Gasteiger partial charge in [-0.1, -0.05) is 41.9 Å². The second-order valence-electron chi connectivity index (χ2n) is 6.09. The number of carbonyl (C=O) groups is 1. The van der Waals surface area contributed by atoms with E-state index in [9.17, 15) is 17.8 Å². The molecule has 28 heavy (non-hydrogen) atoms. The lowest BCUT2D eigenvalue weighted by Gasteiger charge is -2.14. The molecule has 8 heteroatoms. The van der Waals surface area contributed by atoms with Crippen LogP contribution in [0.1, 0.15) is 5.56 Å². The van der Waals surface area contributed by atoms with E-state index in [-0.39, 0.29) is 4.90 Å². The van der Waals surface area contributed by atoms with E-state index in [1.807, 2.05) is 6.92 Å². The van der Waals surface area contributed by atoms with Crippen molar-refractivity contribution in [2.75, 3.05) is 10.6 Å². The first-order valence-electron chi connectivity index (χ1n) is 8.25. The zero-order valence-electron chi connectivity index (χ0n) is 14.8. The van der Waals surface area contributed by atoms with Crippen LogP contribution in [0.3, 0.4) is 0 Å². The number of carbonyl (C=O) groups excluding carboxylic acids is 1. The summed E-state index contributed by atoms with van der Waals surface area (Å²) in [4.78, 5) is 12.2. The van der Waals surface area contributed by atoms with Gasteiger partial charge in [0, 0.05) is 16.3 Å². The van der Waals surface area contributed by atoms with Gasteiger partial charge in [0.25, 0.3) is 10.1 Å². The molecule has 0 spiro atoms. The Morgan fingerprint density at radius 1 is 0.929 bits per heavy atom. The number of hydrogen-bond donors (Lipinski definition) is 3. The Hall–Kier alpha value is -2.87. The molecule has 0 saturated carbocycles. The minimum atomic E-state index is -4.34. The van der Waals surface area contributed by atoms with Gasteiger partial charge in [-0.2, -0.15) is 8.42 Å². The van der Waals surface area contributed by atoms with Crippen molar-refractivity contribution in [2.45, 2.75) is 11.8 Å². The van der Waals surface area contributed by atoms with Crippen molar-refractivity contribution in [3.8, 4) is 11.1 Å². The summed E-state index contributed by atoms with van der Waals surface area (Å²) < 4.78 is 32.3. The number of nitrogens with one attached hydrogen (secondary N) is 2. The highest BCUT2D eigenvalue weighted by Gasteiger charge is 2.15. The Balaban J connectivity index is 1.93. The second-order valence-corrected chi connectivity index (χ2v) is 7.94. The number of rotatable bonds is 4. The number of hydrogen-bond acceptors (Lipinski definition) is 3. The molecule has 0 aromatic heterocycles. The summed E-state index contributed by atoms with van der Waals surface area (Å²) in [6.45, 7) is 1.81. The summed E-state index contributed by atoms with van der Waals surface area (Å²) in [5, 5.41) is 5.94. The van der Waals surface area contributed by atoms with Crippen molar-refractivity contribution < 1.29 is 17.8 Å². The third-order valence-corrected chi connectivity index (χ3v) is 5.14. The zero-order valence-corrected chi connectivity index (χ0v) is 16.4. The first-order valence-corrected chi connectivity index (χ1v) is 10.1. The quantitative estimate of drug-likeness (QED) is 0.509. The fraction of sp³-hybridized carbons (Fsp3) is 0.0500. The fourth-order valence-corrected chi connectivity index (χ4v) is 3.43. The van der Waals surface area contributed by atoms with E-state index in [1.54, 1.807) is 54.6 Å². The fourth-order valence-electron chi connectivity index (χ4n) is 2.73. The van der Waals surface area contributed by atoms with E-state index >= 15 is 0 Å². The molecule has 0 heterocycles. The van der Waals surface area contributed by atoms with Gasteiger partial charge >= 0.3 is 6.03 Å². The molecule has 0 fully saturated rings. The van der Waals surface area contributed by atoms with Crippen LogP contribution < -0.4 is 10.6 Å². The van der Waals surface area contributed by atoms with Crippen LogP contribution in [0.2, 0.25) is 5.02 Å². The highest BCUT2D eigenvalue weighted by atomic mass is 35.5. The van der Waals surface area contributed by atoms with E-state index in [1.165, 1.54) is 12.1 Å². The predicted octanol–water partition coefficient (Wildman–Crippen LogP) is 5.21. The van der Waals surface area contributed by atoms with Crippen LogP contribution >= 0.6 is 11.6 Å². The van der Waals surface area contributed by atoms with Gasteiger partial charge in [0.2, 0.25) is 0 Å². The molecule has 3 aromatic carbocycles. The number of aryl methyl sites for hydroxylation is 1. The van der Waals surface area contributed by atoms with Gasteiger partial charge in [0.15, 0.2) is 0 Å². The number of halogens is 1. The van der Waals surface area contributed by atoms with Gasteiger partial charge in [0.05, 0.1) is 10.6 Å². The van der Waals surface area contributed by atoms with Crippen molar-refractivity contribution >= 4 is 39.1 Å².